The summed E-state index contributed by atoms with van der Waals surface area (Å²) in [5.41, 5.74) is 0. The molecule has 0 aromatic rings. The van der Waals surface area contributed by atoms with Crippen LogP contribution in [0.25, 0.3) is 0 Å². The van der Waals surface area contributed by atoms with Gasteiger partial charge in [0.2, 0.25) is 0 Å². The van der Waals surface area contributed by atoms with Gasteiger partial charge in [0.05, 0.1) is 0 Å². The van der Waals surface area contributed by atoms with Crippen molar-refractivity contribution in [3.8, 4) is 0 Å². The van der Waals surface area contributed by atoms with Crippen LogP contribution in [-0.2, 0) is 0 Å². The number of rotatable bonds is 0. The highest BCUT2D eigenvalue weighted by atomic mass is 32.2. The molecule has 3 heteroatoms. The molecule has 2 rings (SSSR count). The molecular weight excluding hydrogens is 132 g/mol. The average molecular weight is 146 g/mol. The van der Waals surface area contributed by atoms with Crippen molar-refractivity contribution < 1.29 is 0 Å². The molecule has 2 heterocycles. The lowest BCUT2D eigenvalue weighted by Gasteiger charge is -2.09. The van der Waals surface area contributed by atoms with E-state index in [-0.39, 0.29) is 0 Å². The smallest absolute Gasteiger partial charge is 0.0418 e. The van der Waals surface area contributed by atoms with Gasteiger partial charge in [0, 0.05) is 18.2 Å². The van der Waals surface area contributed by atoms with Crippen LogP contribution in [0.15, 0.2) is 0 Å². The first-order valence-electron chi connectivity index (χ1n) is 3.49. The molecule has 2 nitrogen and oxygen atoms in total. The molecule has 0 spiro atoms. The number of hydrogen-bond donors (Lipinski definition) is 2. The average Bonchev–Trinajstić information content (AvgIpc) is 2.07. The monoisotopic (exact) mass is 146 g/mol. The van der Waals surface area contributed by atoms with Crippen LogP contribution in [-0.4, -0.2) is 31.3 Å². The van der Waals surface area contributed by atoms with Crippen molar-refractivity contribution in [2.24, 2.45) is 0 Å². The second-order valence-electron chi connectivity index (χ2n) is 2.16. The summed E-state index contributed by atoms with van der Waals surface area (Å²) in [6, 6.07) is 0. The van der Waals surface area contributed by atoms with Gasteiger partial charge < -0.3 is 10.6 Å². The lowest BCUT2D eigenvalue weighted by molar-refractivity contribution is 0.527. The molecule has 2 saturated heterocycles. The maximum Gasteiger partial charge on any atom is 0.0418 e. The Bertz CT molecular complexity index is 48.5. The van der Waals surface area contributed by atoms with Gasteiger partial charge in [0.15, 0.2) is 0 Å². The van der Waals surface area contributed by atoms with Crippen molar-refractivity contribution in [2.45, 2.75) is 6.42 Å². The zero-order chi connectivity index (χ0) is 6.36. The van der Waals surface area contributed by atoms with Gasteiger partial charge in [-0.2, -0.15) is 0 Å². The minimum Gasteiger partial charge on any atom is -0.317 e. The maximum atomic E-state index is 3.19. The Balaban J connectivity index is 0.0000000922. The summed E-state index contributed by atoms with van der Waals surface area (Å²) < 4.78 is 0. The molecule has 9 heavy (non-hydrogen) atoms. The molecule has 2 aliphatic heterocycles. The van der Waals surface area contributed by atoms with Gasteiger partial charge in [-0.05, 0) is 19.5 Å². The minimum atomic E-state index is 1.17. The van der Waals surface area contributed by atoms with E-state index in [0.29, 0.717) is 0 Å². The zero-order valence-electron chi connectivity index (χ0n) is 5.65. The molecule has 0 radical (unpaired) electrons. The summed E-state index contributed by atoms with van der Waals surface area (Å²) in [5.74, 6) is 2.47. The van der Waals surface area contributed by atoms with Gasteiger partial charge in [0.1, 0.15) is 0 Å². The molecule has 0 aliphatic carbocycles. The van der Waals surface area contributed by atoms with Crippen molar-refractivity contribution in [1.82, 2.24) is 10.6 Å². The summed E-state index contributed by atoms with van der Waals surface area (Å²) in [4.78, 5) is 0. The summed E-state index contributed by atoms with van der Waals surface area (Å²) in [6.45, 7) is 3.71. The van der Waals surface area contributed by atoms with Gasteiger partial charge in [-0.25, -0.2) is 0 Å². The largest absolute Gasteiger partial charge is 0.317 e. The third-order valence-corrected chi connectivity index (χ3v) is 2.24. The van der Waals surface area contributed by atoms with Crippen LogP contribution in [0.3, 0.4) is 0 Å². The summed E-state index contributed by atoms with van der Waals surface area (Å²) in [6.07, 6.45) is 1.39. The standard InChI is InChI=1S/C3H7NS.C3H7N/c1-2-5-3-4-1;1-2-4-3-1/h4H,1-3H2;4H,1-3H2. The fraction of sp³-hybridized carbons (Fsp3) is 1.00. The molecule has 0 amide bonds. The molecule has 2 N–H and O–H groups in total. The van der Waals surface area contributed by atoms with E-state index in [1.54, 1.807) is 0 Å². The first kappa shape index (κ1) is 7.38. The van der Waals surface area contributed by atoms with Crippen LogP contribution in [0.5, 0.6) is 0 Å². The molecule has 0 unspecified atom stereocenters. The Morgan fingerprint density at radius 3 is 1.78 bits per heavy atom. The number of nitrogens with one attached hydrogen (secondary N) is 2. The summed E-state index contributed by atoms with van der Waals surface area (Å²) in [7, 11) is 0. The van der Waals surface area contributed by atoms with Crippen molar-refractivity contribution in [3.63, 3.8) is 0 Å². The van der Waals surface area contributed by atoms with Gasteiger partial charge in [-0.15, -0.1) is 11.8 Å². The predicted molar refractivity (Wildman–Crippen MR) is 42.8 cm³/mol. The molecule has 0 bridgehead atoms. The van der Waals surface area contributed by atoms with E-state index in [1.165, 1.54) is 37.7 Å². The third-order valence-electron chi connectivity index (χ3n) is 1.33. The highest BCUT2D eigenvalue weighted by Crippen LogP contribution is 1.99. The third kappa shape index (κ3) is 3.78. The zero-order valence-corrected chi connectivity index (χ0v) is 6.47. The molecule has 2 aliphatic rings. The van der Waals surface area contributed by atoms with E-state index < -0.39 is 0 Å². The van der Waals surface area contributed by atoms with Crippen LogP contribution >= 0.6 is 11.8 Å². The van der Waals surface area contributed by atoms with Crippen molar-refractivity contribution in [1.29, 1.82) is 0 Å². The summed E-state index contributed by atoms with van der Waals surface area (Å²) >= 11 is 1.96. The fourth-order valence-electron chi connectivity index (χ4n) is 0.538. The van der Waals surface area contributed by atoms with Crippen LogP contribution in [0.2, 0.25) is 0 Å². The van der Waals surface area contributed by atoms with E-state index in [0.717, 1.165) is 0 Å². The van der Waals surface area contributed by atoms with Gasteiger partial charge in [-0.3, -0.25) is 0 Å². The molecule has 0 aromatic carbocycles. The van der Waals surface area contributed by atoms with E-state index in [1.807, 2.05) is 11.8 Å². The van der Waals surface area contributed by atoms with Gasteiger partial charge >= 0.3 is 0 Å². The Kier molecular flexibility index (Phi) is 4.17. The van der Waals surface area contributed by atoms with Gasteiger partial charge in [-0.1, -0.05) is 0 Å². The van der Waals surface area contributed by atoms with Crippen molar-refractivity contribution in [2.75, 3.05) is 31.3 Å². The molecule has 2 fully saturated rings. The Morgan fingerprint density at radius 2 is 1.67 bits per heavy atom. The Hall–Kier alpha value is 0.270. The van der Waals surface area contributed by atoms with E-state index >= 15 is 0 Å². The van der Waals surface area contributed by atoms with E-state index in [2.05, 4.69) is 10.6 Å². The van der Waals surface area contributed by atoms with Gasteiger partial charge in [0.25, 0.3) is 0 Å². The lowest BCUT2D eigenvalue weighted by Crippen LogP contribution is -2.29. The lowest BCUT2D eigenvalue weighted by atomic mass is 10.3. The summed E-state index contributed by atoms with van der Waals surface area (Å²) in [5, 5.41) is 6.30. The highest BCUT2D eigenvalue weighted by molar-refractivity contribution is 7.99. The second-order valence-corrected chi connectivity index (χ2v) is 3.26. The molecular formula is C6H14N2S. The molecule has 0 atom stereocenters. The van der Waals surface area contributed by atoms with Crippen LogP contribution in [0, 0.1) is 0 Å². The van der Waals surface area contributed by atoms with Crippen LogP contribution in [0.4, 0.5) is 0 Å². The highest BCUT2D eigenvalue weighted by Gasteiger charge is 1.93. The second kappa shape index (κ2) is 5.09. The normalized spacial score (nSPS) is 24.0. The maximum absolute atomic E-state index is 3.19. The molecule has 0 aromatic heterocycles. The first-order chi connectivity index (χ1) is 4.50. The SMILES string of the molecule is C1CNC1.C1CSCN1. The number of hydrogen-bond acceptors (Lipinski definition) is 3. The Morgan fingerprint density at radius 1 is 1.00 bits per heavy atom. The fourth-order valence-corrected chi connectivity index (χ4v) is 1.26. The van der Waals surface area contributed by atoms with Crippen LogP contribution in [0.1, 0.15) is 6.42 Å². The number of thioether (sulfide) groups is 1. The minimum absolute atomic E-state index is 1.17. The molecule has 54 valence electrons. The predicted octanol–water partition coefficient (Wildman–Crippen LogP) is 0.260. The van der Waals surface area contributed by atoms with Crippen LogP contribution < -0.4 is 10.6 Å². The van der Waals surface area contributed by atoms with Crippen molar-refractivity contribution in [3.05, 3.63) is 0 Å². The topological polar surface area (TPSA) is 24.1 Å². The Labute approximate surface area is 60.8 Å². The first-order valence-corrected chi connectivity index (χ1v) is 4.65. The molecule has 0 saturated carbocycles. The van der Waals surface area contributed by atoms with Crippen molar-refractivity contribution >= 4 is 11.8 Å². The van der Waals surface area contributed by atoms with E-state index in [4.69, 9.17) is 0 Å². The quantitative estimate of drug-likeness (QED) is 0.512. The van der Waals surface area contributed by atoms with E-state index in [9.17, 15) is 0 Å².